The van der Waals surface area contributed by atoms with Crippen LogP contribution in [0.4, 0.5) is 13.2 Å². The minimum absolute atomic E-state index is 0.0355. The summed E-state index contributed by atoms with van der Waals surface area (Å²) in [7, 11) is 0. The van der Waals surface area contributed by atoms with Crippen LogP contribution in [-0.4, -0.2) is 11.5 Å². The average molecular weight is 352 g/mol. The van der Waals surface area contributed by atoms with Gasteiger partial charge in [-0.25, -0.2) is 0 Å². The molecule has 0 aromatic heterocycles. The van der Waals surface area contributed by atoms with Gasteiger partial charge in [-0.05, 0) is 23.8 Å². The fourth-order valence-corrected chi connectivity index (χ4v) is 2.19. The third-order valence-corrected chi connectivity index (χ3v) is 3.70. The summed E-state index contributed by atoms with van der Waals surface area (Å²) in [6, 6.07) is 7.19. The highest BCUT2D eigenvalue weighted by atomic mass is 35.5. The van der Waals surface area contributed by atoms with Crippen LogP contribution in [0.2, 0.25) is 10.0 Å². The molecule has 2 aromatic carbocycles. The molecule has 0 radical (unpaired) electrons. The standard InChI is InChI=1S/C14H10Cl2F3NO2/c15-10-6-5-9(13(21)11(10)16)12(20)7-1-3-8(4-2-7)22-14(17,18)19/h1-6,12,21H,20H2/t12-/m1/s1. The Hall–Kier alpha value is -1.63. The number of nitrogens with two attached hydrogens (primary N) is 1. The number of aromatic hydroxyl groups is 1. The van der Waals surface area contributed by atoms with Crippen molar-refractivity contribution >= 4 is 23.2 Å². The number of alkyl halides is 3. The second kappa shape index (κ2) is 6.24. The van der Waals surface area contributed by atoms with Gasteiger partial charge in [-0.1, -0.05) is 41.4 Å². The lowest BCUT2D eigenvalue weighted by Crippen LogP contribution is -2.17. The highest BCUT2D eigenvalue weighted by Crippen LogP contribution is 2.38. The van der Waals surface area contributed by atoms with Gasteiger partial charge in [0.2, 0.25) is 0 Å². The van der Waals surface area contributed by atoms with Crippen LogP contribution in [0.1, 0.15) is 17.2 Å². The van der Waals surface area contributed by atoms with Gasteiger partial charge in [0.15, 0.2) is 0 Å². The summed E-state index contributed by atoms with van der Waals surface area (Å²) < 4.78 is 40.1. The lowest BCUT2D eigenvalue weighted by molar-refractivity contribution is -0.274. The van der Waals surface area contributed by atoms with Crippen molar-refractivity contribution in [3.8, 4) is 11.5 Å². The molecule has 0 saturated heterocycles. The number of rotatable bonds is 3. The van der Waals surface area contributed by atoms with Gasteiger partial charge in [-0.2, -0.15) is 0 Å². The molecular weight excluding hydrogens is 342 g/mol. The van der Waals surface area contributed by atoms with Gasteiger partial charge in [-0.15, -0.1) is 13.2 Å². The Bertz CT molecular complexity index is 675. The third-order valence-electron chi connectivity index (χ3n) is 2.91. The molecule has 3 nitrogen and oxygen atoms in total. The first-order valence-corrected chi connectivity index (χ1v) is 6.73. The molecule has 1 atom stereocenters. The molecule has 8 heteroatoms. The van der Waals surface area contributed by atoms with Gasteiger partial charge in [0, 0.05) is 5.56 Å². The molecule has 0 spiro atoms. The highest BCUT2D eigenvalue weighted by Gasteiger charge is 2.31. The zero-order valence-electron chi connectivity index (χ0n) is 10.9. The molecule has 3 N–H and O–H groups in total. The number of halogens is 5. The molecule has 0 aliphatic heterocycles. The smallest absolute Gasteiger partial charge is 0.506 e. The van der Waals surface area contributed by atoms with E-state index in [2.05, 4.69) is 4.74 Å². The van der Waals surface area contributed by atoms with Crippen molar-refractivity contribution < 1.29 is 23.0 Å². The van der Waals surface area contributed by atoms with Crippen molar-refractivity contribution in [2.24, 2.45) is 5.73 Å². The fraction of sp³-hybridized carbons (Fsp3) is 0.143. The van der Waals surface area contributed by atoms with E-state index >= 15 is 0 Å². The maximum atomic E-state index is 12.1. The van der Waals surface area contributed by atoms with Crippen LogP contribution in [0.3, 0.4) is 0 Å². The molecule has 0 bridgehead atoms. The summed E-state index contributed by atoms with van der Waals surface area (Å²) in [5.41, 5.74) is 6.77. The number of phenols is 1. The second-order valence-corrected chi connectivity index (χ2v) is 5.18. The van der Waals surface area contributed by atoms with E-state index in [0.29, 0.717) is 11.1 Å². The Kier molecular flexibility index (Phi) is 4.75. The minimum Gasteiger partial charge on any atom is -0.506 e. The van der Waals surface area contributed by atoms with Crippen molar-refractivity contribution in [1.29, 1.82) is 0 Å². The average Bonchev–Trinajstić information content (AvgIpc) is 2.43. The second-order valence-electron chi connectivity index (χ2n) is 4.39. The molecule has 0 unspecified atom stereocenters. The SMILES string of the molecule is N[C@H](c1ccc(OC(F)(F)F)cc1)c1ccc(Cl)c(Cl)c1O. The quantitative estimate of drug-likeness (QED) is 0.846. The van der Waals surface area contributed by atoms with E-state index in [0.717, 1.165) is 12.1 Å². The molecule has 0 fully saturated rings. The summed E-state index contributed by atoms with van der Waals surface area (Å²) in [5, 5.41) is 10.1. The van der Waals surface area contributed by atoms with E-state index in [1.165, 1.54) is 24.3 Å². The van der Waals surface area contributed by atoms with Crippen LogP contribution in [0.25, 0.3) is 0 Å². The summed E-state index contributed by atoms with van der Waals surface area (Å²) in [5.74, 6) is -0.626. The van der Waals surface area contributed by atoms with E-state index in [4.69, 9.17) is 28.9 Å². The van der Waals surface area contributed by atoms with E-state index in [9.17, 15) is 18.3 Å². The molecule has 0 amide bonds. The Morgan fingerprint density at radius 1 is 1.05 bits per heavy atom. The van der Waals surface area contributed by atoms with Crippen LogP contribution >= 0.6 is 23.2 Å². The number of hydrogen-bond donors (Lipinski definition) is 2. The van der Waals surface area contributed by atoms with E-state index in [1.807, 2.05) is 0 Å². The predicted molar refractivity (Wildman–Crippen MR) is 77.3 cm³/mol. The van der Waals surface area contributed by atoms with Gasteiger partial charge in [0.25, 0.3) is 0 Å². The Morgan fingerprint density at radius 3 is 2.18 bits per heavy atom. The van der Waals surface area contributed by atoms with Crippen LogP contribution in [0.5, 0.6) is 11.5 Å². The molecule has 0 aliphatic rings. The first-order valence-electron chi connectivity index (χ1n) is 5.97. The van der Waals surface area contributed by atoms with Gasteiger partial charge >= 0.3 is 6.36 Å². The van der Waals surface area contributed by atoms with Crippen molar-refractivity contribution in [3.63, 3.8) is 0 Å². The van der Waals surface area contributed by atoms with Gasteiger partial charge in [0.1, 0.15) is 16.5 Å². The predicted octanol–water partition coefficient (Wildman–Crippen LogP) is 4.65. The van der Waals surface area contributed by atoms with Crippen LogP contribution in [0, 0.1) is 0 Å². The minimum atomic E-state index is -4.76. The summed E-state index contributed by atoms with van der Waals surface area (Å²) in [4.78, 5) is 0. The number of benzene rings is 2. The maximum absolute atomic E-state index is 12.1. The molecule has 0 saturated carbocycles. The lowest BCUT2D eigenvalue weighted by atomic mass is 9.98. The largest absolute Gasteiger partial charge is 0.573 e. The molecular formula is C14H10Cl2F3NO2. The van der Waals surface area contributed by atoms with E-state index < -0.39 is 12.4 Å². The molecule has 0 aliphatic carbocycles. The topological polar surface area (TPSA) is 55.5 Å². The normalized spacial score (nSPS) is 13.0. The Labute approximate surface area is 134 Å². The Balaban J connectivity index is 2.27. The van der Waals surface area contributed by atoms with Gasteiger partial charge in [-0.3, -0.25) is 0 Å². The lowest BCUT2D eigenvalue weighted by Gasteiger charge is -2.16. The first kappa shape index (κ1) is 16.7. The van der Waals surface area contributed by atoms with Gasteiger partial charge in [0.05, 0.1) is 11.1 Å². The third kappa shape index (κ3) is 3.76. The molecule has 22 heavy (non-hydrogen) atoms. The number of phenolic OH excluding ortho intramolecular Hbond substituents is 1. The van der Waals surface area contributed by atoms with Crippen LogP contribution < -0.4 is 10.5 Å². The number of hydrogen-bond acceptors (Lipinski definition) is 3. The van der Waals surface area contributed by atoms with E-state index in [-0.39, 0.29) is 21.5 Å². The first-order chi connectivity index (χ1) is 10.2. The van der Waals surface area contributed by atoms with Crippen LogP contribution in [-0.2, 0) is 0 Å². The number of ether oxygens (including phenoxy) is 1. The fourth-order valence-electron chi connectivity index (χ4n) is 1.86. The highest BCUT2D eigenvalue weighted by molar-refractivity contribution is 6.43. The Morgan fingerprint density at radius 2 is 1.64 bits per heavy atom. The molecule has 118 valence electrons. The maximum Gasteiger partial charge on any atom is 0.573 e. The van der Waals surface area contributed by atoms with Crippen molar-refractivity contribution in [1.82, 2.24) is 0 Å². The zero-order chi connectivity index (χ0) is 16.5. The molecule has 2 aromatic rings. The summed E-state index contributed by atoms with van der Waals surface area (Å²) in [6.07, 6.45) is -4.76. The zero-order valence-corrected chi connectivity index (χ0v) is 12.4. The summed E-state index contributed by atoms with van der Waals surface area (Å²) >= 11 is 11.6. The summed E-state index contributed by atoms with van der Waals surface area (Å²) in [6.45, 7) is 0. The monoisotopic (exact) mass is 351 g/mol. The van der Waals surface area contributed by atoms with Gasteiger partial charge < -0.3 is 15.6 Å². The van der Waals surface area contributed by atoms with Crippen molar-refractivity contribution in [3.05, 3.63) is 57.6 Å². The van der Waals surface area contributed by atoms with Crippen molar-refractivity contribution in [2.45, 2.75) is 12.4 Å². The molecule has 2 rings (SSSR count). The molecule has 0 heterocycles. The van der Waals surface area contributed by atoms with Crippen LogP contribution in [0.15, 0.2) is 36.4 Å². The van der Waals surface area contributed by atoms with E-state index in [1.54, 1.807) is 0 Å². The van der Waals surface area contributed by atoms with Crippen molar-refractivity contribution in [2.75, 3.05) is 0 Å².